The van der Waals surface area contributed by atoms with Crippen molar-refractivity contribution in [2.24, 2.45) is 0 Å². The number of likely N-dealkylation sites (tertiary alicyclic amines) is 1. The van der Waals surface area contributed by atoms with Gasteiger partial charge in [-0.15, -0.1) is 24.8 Å². The van der Waals surface area contributed by atoms with Crippen LogP contribution >= 0.6 is 36.4 Å². The average molecular weight is 388 g/mol. The summed E-state index contributed by atoms with van der Waals surface area (Å²) in [5, 5.41) is 4.64. The first-order valence-corrected chi connectivity index (χ1v) is 8.35. The lowest BCUT2D eigenvalue weighted by molar-refractivity contribution is 0.221. The third kappa shape index (κ3) is 5.65. The third-order valence-corrected chi connectivity index (χ3v) is 4.62. The molecule has 1 heterocycles. The Labute approximate surface area is 162 Å². The van der Waals surface area contributed by atoms with Crippen molar-refractivity contribution in [3.63, 3.8) is 0 Å². The molecule has 2 atom stereocenters. The molecule has 0 spiro atoms. The summed E-state index contributed by atoms with van der Waals surface area (Å²) in [5.74, 6) is 0. The molecular formula is C19H25Cl3N2. The molecule has 5 heteroatoms. The first kappa shape index (κ1) is 21.3. The molecule has 1 saturated heterocycles. The Morgan fingerprint density at radius 3 is 2.25 bits per heavy atom. The highest BCUT2D eigenvalue weighted by Crippen LogP contribution is 2.25. The molecule has 1 fully saturated rings. The van der Waals surface area contributed by atoms with E-state index in [0.717, 1.165) is 11.6 Å². The Balaban J connectivity index is 0.00000144. The maximum atomic E-state index is 6.05. The second-order valence-corrected chi connectivity index (χ2v) is 6.60. The van der Waals surface area contributed by atoms with Gasteiger partial charge in [-0.2, -0.15) is 0 Å². The van der Waals surface area contributed by atoms with Crippen LogP contribution < -0.4 is 5.32 Å². The lowest BCUT2D eigenvalue weighted by Gasteiger charge is -2.33. The van der Waals surface area contributed by atoms with E-state index < -0.39 is 0 Å². The first-order chi connectivity index (χ1) is 10.7. The van der Waals surface area contributed by atoms with E-state index in [1.807, 2.05) is 12.1 Å². The minimum Gasteiger partial charge on any atom is -0.305 e. The molecule has 1 aliphatic rings. The zero-order valence-corrected chi connectivity index (χ0v) is 16.2. The molecular weight excluding hydrogens is 363 g/mol. The van der Waals surface area contributed by atoms with Gasteiger partial charge in [0, 0.05) is 17.6 Å². The van der Waals surface area contributed by atoms with Gasteiger partial charge in [0.1, 0.15) is 0 Å². The molecule has 0 amide bonds. The standard InChI is InChI=1S/C19H23ClN2.2ClH/c1-22-13-5-8-18(14-22)21-19(15-6-3-2-4-7-15)16-9-11-17(20)12-10-16;;/h2-4,6-7,9-12,18-19,21H,5,8,13-14H2,1H3;2*1H. The highest BCUT2D eigenvalue weighted by molar-refractivity contribution is 6.30. The van der Waals surface area contributed by atoms with Gasteiger partial charge in [-0.1, -0.05) is 54.1 Å². The van der Waals surface area contributed by atoms with Crippen molar-refractivity contribution in [1.29, 1.82) is 0 Å². The molecule has 1 aliphatic heterocycles. The molecule has 132 valence electrons. The number of halogens is 3. The van der Waals surface area contributed by atoms with Crippen molar-refractivity contribution >= 4 is 36.4 Å². The van der Waals surface area contributed by atoms with Gasteiger partial charge in [0.25, 0.3) is 0 Å². The van der Waals surface area contributed by atoms with Crippen LogP contribution in [0.1, 0.15) is 30.0 Å². The normalized spacial score (nSPS) is 19.0. The number of hydrogen-bond donors (Lipinski definition) is 1. The van der Waals surface area contributed by atoms with Crippen LogP contribution in [0, 0.1) is 0 Å². The molecule has 24 heavy (non-hydrogen) atoms. The third-order valence-electron chi connectivity index (χ3n) is 4.36. The lowest BCUT2D eigenvalue weighted by Crippen LogP contribution is -2.45. The van der Waals surface area contributed by atoms with Crippen LogP contribution in [-0.2, 0) is 0 Å². The summed E-state index contributed by atoms with van der Waals surface area (Å²) in [7, 11) is 2.20. The fourth-order valence-electron chi connectivity index (χ4n) is 3.22. The number of piperidine rings is 1. The Hall–Kier alpha value is -0.770. The summed E-state index contributed by atoms with van der Waals surface area (Å²) in [6, 6.07) is 19.6. The van der Waals surface area contributed by atoms with E-state index in [-0.39, 0.29) is 30.9 Å². The fraction of sp³-hybridized carbons (Fsp3) is 0.368. The molecule has 0 saturated carbocycles. The highest BCUT2D eigenvalue weighted by Gasteiger charge is 2.22. The molecule has 0 bridgehead atoms. The summed E-state index contributed by atoms with van der Waals surface area (Å²) in [6.07, 6.45) is 2.50. The molecule has 1 N–H and O–H groups in total. The second-order valence-electron chi connectivity index (χ2n) is 6.16. The first-order valence-electron chi connectivity index (χ1n) is 7.97. The van der Waals surface area contributed by atoms with E-state index in [1.165, 1.54) is 30.5 Å². The Kier molecular flexibility index (Phi) is 9.11. The molecule has 0 radical (unpaired) electrons. The number of hydrogen-bond acceptors (Lipinski definition) is 2. The van der Waals surface area contributed by atoms with Crippen molar-refractivity contribution in [2.45, 2.75) is 24.9 Å². The molecule has 2 aromatic carbocycles. The van der Waals surface area contributed by atoms with Crippen molar-refractivity contribution in [3.8, 4) is 0 Å². The van der Waals surface area contributed by atoms with Crippen molar-refractivity contribution in [2.75, 3.05) is 20.1 Å². The summed E-state index contributed by atoms with van der Waals surface area (Å²) in [6.45, 7) is 2.31. The van der Waals surface area contributed by atoms with Crippen LogP contribution in [0.5, 0.6) is 0 Å². The Morgan fingerprint density at radius 2 is 1.62 bits per heavy atom. The van der Waals surface area contributed by atoms with Gasteiger partial charge >= 0.3 is 0 Å². The predicted octanol–water partition coefficient (Wildman–Crippen LogP) is 4.96. The number of rotatable bonds is 4. The quantitative estimate of drug-likeness (QED) is 0.798. The van der Waals surface area contributed by atoms with E-state index in [1.54, 1.807) is 0 Å². The number of nitrogens with one attached hydrogen (secondary N) is 1. The van der Waals surface area contributed by atoms with E-state index in [4.69, 9.17) is 11.6 Å². The largest absolute Gasteiger partial charge is 0.305 e. The van der Waals surface area contributed by atoms with Crippen molar-refractivity contribution < 1.29 is 0 Å². The summed E-state index contributed by atoms with van der Waals surface area (Å²) in [4.78, 5) is 2.41. The van der Waals surface area contributed by atoms with Gasteiger partial charge in [-0.3, -0.25) is 0 Å². The average Bonchev–Trinajstić information content (AvgIpc) is 2.55. The van der Waals surface area contributed by atoms with Gasteiger partial charge in [0.15, 0.2) is 0 Å². The van der Waals surface area contributed by atoms with Crippen LogP contribution in [-0.4, -0.2) is 31.1 Å². The summed E-state index contributed by atoms with van der Waals surface area (Å²) >= 11 is 6.05. The van der Waals surface area contributed by atoms with Gasteiger partial charge in [0.05, 0.1) is 6.04 Å². The molecule has 0 aliphatic carbocycles. The monoisotopic (exact) mass is 386 g/mol. The highest BCUT2D eigenvalue weighted by atomic mass is 35.5. The van der Waals surface area contributed by atoms with Crippen molar-refractivity contribution in [3.05, 3.63) is 70.7 Å². The topological polar surface area (TPSA) is 15.3 Å². The molecule has 2 unspecified atom stereocenters. The van der Waals surface area contributed by atoms with Crippen LogP contribution in [0.2, 0.25) is 5.02 Å². The van der Waals surface area contributed by atoms with Crippen molar-refractivity contribution in [1.82, 2.24) is 10.2 Å². The zero-order chi connectivity index (χ0) is 15.4. The molecule has 3 rings (SSSR count). The van der Waals surface area contributed by atoms with Gasteiger partial charge < -0.3 is 10.2 Å². The smallest absolute Gasteiger partial charge is 0.0579 e. The van der Waals surface area contributed by atoms with Crippen LogP contribution in [0.4, 0.5) is 0 Å². The Morgan fingerprint density at radius 1 is 1.00 bits per heavy atom. The lowest BCUT2D eigenvalue weighted by atomic mass is 9.96. The molecule has 2 nitrogen and oxygen atoms in total. The van der Waals surface area contributed by atoms with E-state index >= 15 is 0 Å². The number of nitrogens with zero attached hydrogens (tertiary/aromatic N) is 1. The SMILES string of the molecule is CN1CCCC(NC(c2ccccc2)c2ccc(Cl)cc2)C1.Cl.Cl. The number of benzene rings is 2. The van der Waals surface area contributed by atoms with Gasteiger partial charge in [-0.25, -0.2) is 0 Å². The van der Waals surface area contributed by atoms with E-state index in [2.05, 4.69) is 59.7 Å². The Bertz CT molecular complexity index is 589. The predicted molar refractivity (Wildman–Crippen MR) is 108 cm³/mol. The maximum absolute atomic E-state index is 6.05. The van der Waals surface area contributed by atoms with E-state index in [9.17, 15) is 0 Å². The van der Waals surface area contributed by atoms with Crippen LogP contribution in [0.25, 0.3) is 0 Å². The molecule has 0 aromatic heterocycles. The maximum Gasteiger partial charge on any atom is 0.0579 e. The van der Waals surface area contributed by atoms with Gasteiger partial charge in [0.2, 0.25) is 0 Å². The molecule has 2 aromatic rings. The van der Waals surface area contributed by atoms with Crippen LogP contribution in [0.3, 0.4) is 0 Å². The second kappa shape index (κ2) is 10.3. The minimum atomic E-state index is 0. The zero-order valence-electron chi connectivity index (χ0n) is 13.8. The van der Waals surface area contributed by atoms with Gasteiger partial charge in [-0.05, 0) is 49.7 Å². The van der Waals surface area contributed by atoms with Crippen LogP contribution in [0.15, 0.2) is 54.6 Å². The minimum absolute atomic E-state index is 0. The summed E-state index contributed by atoms with van der Waals surface area (Å²) in [5.41, 5.74) is 2.57. The number of likely N-dealkylation sites (N-methyl/N-ethyl adjacent to an activating group) is 1. The summed E-state index contributed by atoms with van der Waals surface area (Å²) < 4.78 is 0. The van der Waals surface area contributed by atoms with E-state index in [0.29, 0.717) is 6.04 Å². The fourth-order valence-corrected chi connectivity index (χ4v) is 3.35.